The van der Waals surface area contributed by atoms with E-state index < -0.39 is 0 Å². The molecule has 0 spiro atoms. The van der Waals surface area contributed by atoms with Crippen molar-refractivity contribution in [3.63, 3.8) is 0 Å². The highest BCUT2D eigenvalue weighted by atomic mass is 16.3. The fraction of sp³-hybridized carbons (Fsp3) is 0.167. The molecule has 1 amide bonds. The summed E-state index contributed by atoms with van der Waals surface area (Å²) in [6, 6.07) is 10.8. The Bertz CT molecular complexity index is 852. The Morgan fingerprint density at radius 1 is 1.12 bits per heavy atom. The van der Waals surface area contributed by atoms with Gasteiger partial charge in [0.25, 0.3) is 5.91 Å². The Morgan fingerprint density at radius 2 is 1.88 bits per heavy atom. The molecule has 0 saturated heterocycles. The van der Waals surface area contributed by atoms with Crippen molar-refractivity contribution in [3.05, 3.63) is 71.6 Å². The van der Waals surface area contributed by atoms with Crippen molar-refractivity contribution in [2.45, 2.75) is 20.5 Å². The van der Waals surface area contributed by atoms with Crippen LogP contribution in [0.2, 0.25) is 0 Å². The number of rotatable bonds is 4. The summed E-state index contributed by atoms with van der Waals surface area (Å²) in [5, 5.41) is 11.8. The molecule has 1 aromatic carbocycles. The lowest BCUT2D eigenvalue weighted by molar-refractivity contribution is 0.102. The summed E-state index contributed by atoms with van der Waals surface area (Å²) in [4.78, 5) is 20.5. The van der Waals surface area contributed by atoms with E-state index in [1.807, 2.05) is 42.7 Å². The van der Waals surface area contributed by atoms with Crippen molar-refractivity contribution < 1.29 is 9.90 Å². The van der Waals surface area contributed by atoms with Crippen molar-refractivity contribution in [2.75, 3.05) is 5.32 Å². The number of pyridine rings is 1. The van der Waals surface area contributed by atoms with Gasteiger partial charge in [-0.05, 0) is 50.2 Å². The number of aliphatic hydroxyl groups is 1. The van der Waals surface area contributed by atoms with Crippen LogP contribution in [0.25, 0.3) is 5.69 Å². The average Bonchev–Trinajstić information content (AvgIpc) is 2.95. The number of anilines is 1. The third kappa shape index (κ3) is 3.18. The van der Waals surface area contributed by atoms with Gasteiger partial charge < -0.3 is 15.0 Å². The normalized spacial score (nSPS) is 10.6. The fourth-order valence-corrected chi connectivity index (χ4v) is 2.32. The highest BCUT2D eigenvalue weighted by molar-refractivity contribution is 6.04. The van der Waals surface area contributed by atoms with E-state index in [0.717, 1.165) is 17.1 Å². The molecule has 0 unspecified atom stereocenters. The summed E-state index contributed by atoms with van der Waals surface area (Å²) in [5.41, 5.74) is 4.73. The first-order valence-electron chi connectivity index (χ1n) is 7.56. The van der Waals surface area contributed by atoms with Crippen molar-refractivity contribution in [1.82, 2.24) is 14.5 Å². The number of carbonyl (C=O) groups is 1. The molecular formula is C18H18N4O2. The molecule has 0 aliphatic carbocycles. The van der Waals surface area contributed by atoms with Crippen molar-refractivity contribution in [2.24, 2.45) is 0 Å². The highest BCUT2D eigenvalue weighted by Crippen LogP contribution is 2.17. The number of hydrogen-bond donors (Lipinski definition) is 2. The topological polar surface area (TPSA) is 80.0 Å². The molecule has 0 atom stereocenters. The minimum absolute atomic E-state index is 0.142. The predicted octanol–water partition coefficient (Wildman–Crippen LogP) is 2.63. The number of carbonyl (C=O) groups excluding carboxylic acids is 1. The number of aromatic nitrogens is 3. The molecule has 0 radical (unpaired) electrons. The molecule has 0 aliphatic rings. The zero-order valence-electron chi connectivity index (χ0n) is 13.5. The van der Waals surface area contributed by atoms with Crippen LogP contribution in [-0.4, -0.2) is 25.5 Å². The molecule has 3 aromatic rings. The summed E-state index contributed by atoms with van der Waals surface area (Å²) in [5.74, 6) is -0.241. The van der Waals surface area contributed by atoms with Gasteiger partial charge in [-0.3, -0.25) is 9.78 Å². The van der Waals surface area contributed by atoms with E-state index in [2.05, 4.69) is 15.3 Å². The molecule has 2 heterocycles. The monoisotopic (exact) mass is 322 g/mol. The maximum Gasteiger partial charge on any atom is 0.257 e. The third-order valence-electron chi connectivity index (χ3n) is 3.90. The van der Waals surface area contributed by atoms with Crippen LogP contribution in [0.3, 0.4) is 0 Å². The van der Waals surface area contributed by atoms with E-state index in [1.165, 1.54) is 6.20 Å². The van der Waals surface area contributed by atoms with Gasteiger partial charge in [-0.2, -0.15) is 0 Å². The third-order valence-corrected chi connectivity index (χ3v) is 3.90. The van der Waals surface area contributed by atoms with E-state index in [1.54, 1.807) is 18.5 Å². The van der Waals surface area contributed by atoms with E-state index in [0.29, 0.717) is 16.9 Å². The molecule has 2 N–H and O–H groups in total. The summed E-state index contributed by atoms with van der Waals surface area (Å²) < 4.78 is 2.00. The minimum atomic E-state index is -0.241. The second kappa shape index (κ2) is 6.64. The Balaban J connectivity index is 1.73. The first-order chi connectivity index (χ1) is 11.6. The summed E-state index contributed by atoms with van der Waals surface area (Å²) in [6.07, 6.45) is 3.24. The molecule has 6 nitrogen and oxygen atoms in total. The molecule has 0 saturated carbocycles. The van der Waals surface area contributed by atoms with Gasteiger partial charge in [0.05, 0.1) is 29.9 Å². The quantitative estimate of drug-likeness (QED) is 0.774. The first-order valence-corrected chi connectivity index (χ1v) is 7.56. The lowest BCUT2D eigenvalue weighted by Gasteiger charge is -2.09. The van der Waals surface area contributed by atoms with Crippen LogP contribution < -0.4 is 5.32 Å². The smallest absolute Gasteiger partial charge is 0.257 e. The Morgan fingerprint density at radius 3 is 2.42 bits per heavy atom. The van der Waals surface area contributed by atoms with Crippen LogP contribution >= 0.6 is 0 Å². The summed E-state index contributed by atoms with van der Waals surface area (Å²) in [7, 11) is 0. The lowest BCUT2D eigenvalue weighted by Crippen LogP contribution is -2.12. The number of aryl methyl sites for hydroxylation is 1. The average molecular weight is 322 g/mol. The maximum absolute atomic E-state index is 12.2. The molecule has 0 aliphatic heterocycles. The van der Waals surface area contributed by atoms with Gasteiger partial charge in [0.2, 0.25) is 0 Å². The standard InChI is InChI=1S/C18H18N4O2/c1-12-13(2)22(11-20-12)17-7-5-15(6-8-17)21-18(24)14-3-4-16(10-23)19-9-14/h3-9,11,23H,10H2,1-2H3,(H,21,24). The van der Waals surface area contributed by atoms with Crippen LogP contribution in [0.5, 0.6) is 0 Å². The largest absolute Gasteiger partial charge is 0.390 e. The van der Waals surface area contributed by atoms with Crippen LogP contribution in [0.4, 0.5) is 5.69 Å². The van der Waals surface area contributed by atoms with Gasteiger partial charge in [-0.15, -0.1) is 0 Å². The number of nitrogens with one attached hydrogen (secondary N) is 1. The molecular weight excluding hydrogens is 304 g/mol. The van der Waals surface area contributed by atoms with Gasteiger partial charge in [0.15, 0.2) is 0 Å². The van der Waals surface area contributed by atoms with E-state index in [-0.39, 0.29) is 12.5 Å². The van der Waals surface area contributed by atoms with E-state index >= 15 is 0 Å². The van der Waals surface area contributed by atoms with Crippen molar-refractivity contribution >= 4 is 11.6 Å². The Labute approximate surface area is 139 Å². The fourth-order valence-electron chi connectivity index (χ4n) is 2.32. The van der Waals surface area contributed by atoms with Gasteiger partial charge in [-0.1, -0.05) is 0 Å². The number of imidazole rings is 1. The molecule has 3 rings (SSSR count). The first kappa shape index (κ1) is 15.9. The van der Waals surface area contributed by atoms with Crippen molar-refractivity contribution in [3.8, 4) is 5.69 Å². The van der Waals surface area contributed by atoms with Crippen LogP contribution in [-0.2, 0) is 6.61 Å². The van der Waals surface area contributed by atoms with Gasteiger partial charge in [-0.25, -0.2) is 4.98 Å². The minimum Gasteiger partial charge on any atom is -0.390 e. The van der Waals surface area contributed by atoms with Gasteiger partial charge in [0, 0.05) is 23.3 Å². The number of benzene rings is 1. The van der Waals surface area contributed by atoms with E-state index in [9.17, 15) is 4.79 Å². The number of hydrogen-bond acceptors (Lipinski definition) is 4. The van der Waals surface area contributed by atoms with Gasteiger partial charge >= 0.3 is 0 Å². The van der Waals surface area contributed by atoms with Crippen molar-refractivity contribution in [1.29, 1.82) is 0 Å². The SMILES string of the molecule is Cc1ncn(-c2ccc(NC(=O)c3ccc(CO)nc3)cc2)c1C. The molecule has 0 bridgehead atoms. The molecule has 24 heavy (non-hydrogen) atoms. The zero-order valence-corrected chi connectivity index (χ0v) is 13.5. The molecule has 0 fully saturated rings. The lowest BCUT2D eigenvalue weighted by atomic mass is 10.2. The summed E-state index contributed by atoms with van der Waals surface area (Å²) in [6.45, 7) is 3.84. The Hall–Kier alpha value is -2.99. The summed E-state index contributed by atoms with van der Waals surface area (Å²) >= 11 is 0. The van der Waals surface area contributed by atoms with Crippen LogP contribution in [0, 0.1) is 13.8 Å². The highest BCUT2D eigenvalue weighted by Gasteiger charge is 2.08. The maximum atomic E-state index is 12.2. The molecule has 122 valence electrons. The molecule has 6 heteroatoms. The van der Waals surface area contributed by atoms with E-state index in [4.69, 9.17) is 5.11 Å². The Kier molecular flexibility index (Phi) is 4.39. The number of amides is 1. The molecule has 2 aromatic heterocycles. The second-order valence-electron chi connectivity index (χ2n) is 5.48. The number of aliphatic hydroxyl groups excluding tert-OH is 1. The van der Waals surface area contributed by atoms with Crippen LogP contribution in [0.1, 0.15) is 27.4 Å². The predicted molar refractivity (Wildman–Crippen MR) is 91.2 cm³/mol. The zero-order chi connectivity index (χ0) is 17.1. The second-order valence-corrected chi connectivity index (χ2v) is 5.48. The number of nitrogens with zero attached hydrogens (tertiary/aromatic N) is 3. The van der Waals surface area contributed by atoms with Gasteiger partial charge in [0.1, 0.15) is 0 Å². The van der Waals surface area contributed by atoms with Crippen LogP contribution in [0.15, 0.2) is 48.9 Å².